The van der Waals surface area contributed by atoms with Crippen LogP contribution in [-0.2, 0) is 0 Å². The van der Waals surface area contributed by atoms with E-state index in [0.29, 0.717) is 0 Å². The van der Waals surface area contributed by atoms with Gasteiger partial charge in [0.2, 0.25) is 0 Å². The third-order valence-corrected chi connectivity index (χ3v) is 2.96. The largest absolute Gasteiger partial charge is 0.0883 e. The summed E-state index contributed by atoms with van der Waals surface area (Å²) < 4.78 is 0. The summed E-state index contributed by atoms with van der Waals surface area (Å²) in [6.45, 7) is 9.16. The third-order valence-electron chi connectivity index (χ3n) is 2.96. The van der Waals surface area contributed by atoms with Crippen LogP contribution in [0.5, 0.6) is 0 Å². The standard InChI is InChI=1S/C13H26/c1-5-9-10-11-13(8-4)12(6-2)7-3/h10-13H,5-9H2,1-4H3/b11-10+. The van der Waals surface area contributed by atoms with E-state index in [9.17, 15) is 0 Å². The molecule has 0 spiro atoms. The highest BCUT2D eigenvalue weighted by Crippen LogP contribution is 2.23. The van der Waals surface area contributed by atoms with Gasteiger partial charge in [-0.2, -0.15) is 0 Å². The second-order valence-corrected chi connectivity index (χ2v) is 3.87. The molecule has 0 aliphatic heterocycles. The van der Waals surface area contributed by atoms with Crippen molar-refractivity contribution >= 4 is 0 Å². The summed E-state index contributed by atoms with van der Waals surface area (Å²) in [5.41, 5.74) is 0. The molecule has 1 unspecified atom stereocenters. The number of rotatable bonds is 7. The minimum Gasteiger partial charge on any atom is -0.0883 e. The van der Waals surface area contributed by atoms with Crippen LogP contribution in [0.25, 0.3) is 0 Å². The molecule has 0 aliphatic carbocycles. The molecule has 0 N–H and O–H groups in total. The van der Waals surface area contributed by atoms with Crippen LogP contribution in [0.3, 0.4) is 0 Å². The van der Waals surface area contributed by atoms with Gasteiger partial charge in [-0.25, -0.2) is 0 Å². The van der Waals surface area contributed by atoms with Gasteiger partial charge in [0, 0.05) is 0 Å². The normalized spacial score (nSPS) is 14.2. The average molecular weight is 182 g/mol. The van der Waals surface area contributed by atoms with Crippen LogP contribution in [0.2, 0.25) is 0 Å². The van der Waals surface area contributed by atoms with Crippen molar-refractivity contribution in [3.8, 4) is 0 Å². The highest BCUT2D eigenvalue weighted by molar-refractivity contribution is 4.90. The van der Waals surface area contributed by atoms with Crippen molar-refractivity contribution in [2.24, 2.45) is 11.8 Å². The molecule has 0 aromatic heterocycles. The number of allylic oxidation sites excluding steroid dienone is 2. The van der Waals surface area contributed by atoms with Crippen LogP contribution >= 0.6 is 0 Å². The summed E-state index contributed by atoms with van der Waals surface area (Å²) in [5, 5.41) is 0. The van der Waals surface area contributed by atoms with E-state index in [4.69, 9.17) is 0 Å². The molecule has 0 heteroatoms. The van der Waals surface area contributed by atoms with Gasteiger partial charge in [0.1, 0.15) is 0 Å². The quantitative estimate of drug-likeness (QED) is 0.496. The zero-order valence-electron chi connectivity index (χ0n) is 9.84. The minimum atomic E-state index is 0.821. The fourth-order valence-electron chi connectivity index (χ4n) is 1.96. The topological polar surface area (TPSA) is 0 Å². The monoisotopic (exact) mass is 182 g/mol. The van der Waals surface area contributed by atoms with Gasteiger partial charge in [-0.1, -0.05) is 59.1 Å². The smallest absolute Gasteiger partial charge is 0.0208 e. The number of unbranched alkanes of at least 4 members (excludes halogenated alkanes) is 1. The molecule has 0 bridgehead atoms. The molecule has 0 aromatic carbocycles. The first-order chi connectivity index (χ1) is 6.29. The Bertz CT molecular complexity index is 120. The third kappa shape index (κ3) is 5.13. The molecular weight excluding hydrogens is 156 g/mol. The lowest BCUT2D eigenvalue weighted by atomic mass is 9.85. The van der Waals surface area contributed by atoms with Crippen molar-refractivity contribution < 1.29 is 0 Å². The Balaban J connectivity index is 3.98. The van der Waals surface area contributed by atoms with Crippen molar-refractivity contribution in [2.75, 3.05) is 0 Å². The first kappa shape index (κ1) is 12.7. The molecule has 78 valence electrons. The molecule has 0 amide bonds. The van der Waals surface area contributed by atoms with Crippen LogP contribution in [0.1, 0.15) is 59.8 Å². The van der Waals surface area contributed by atoms with Crippen molar-refractivity contribution in [1.82, 2.24) is 0 Å². The second kappa shape index (κ2) is 8.34. The molecule has 0 heterocycles. The molecule has 0 saturated heterocycles. The maximum Gasteiger partial charge on any atom is -0.0208 e. The van der Waals surface area contributed by atoms with Gasteiger partial charge in [-0.15, -0.1) is 0 Å². The van der Waals surface area contributed by atoms with E-state index in [1.807, 2.05) is 0 Å². The van der Waals surface area contributed by atoms with E-state index in [1.165, 1.54) is 32.1 Å². The Morgan fingerprint density at radius 1 is 0.923 bits per heavy atom. The van der Waals surface area contributed by atoms with Crippen LogP contribution in [0.15, 0.2) is 12.2 Å². The van der Waals surface area contributed by atoms with E-state index in [-0.39, 0.29) is 0 Å². The van der Waals surface area contributed by atoms with E-state index in [0.717, 1.165) is 11.8 Å². The fraction of sp³-hybridized carbons (Fsp3) is 0.846. The highest BCUT2D eigenvalue weighted by Gasteiger charge is 2.12. The van der Waals surface area contributed by atoms with E-state index in [1.54, 1.807) is 0 Å². The lowest BCUT2D eigenvalue weighted by Crippen LogP contribution is -2.09. The van der Waals surface area contributed by atoms with Gasteiger partial charge < -0.3 is 0 Å². The van der Waals surface area contributed by atoms with Crippen LogP contribution in [0.4, 0.5) is 0 Å². The Hall–Kier alpha value is -0.260. The second-order valence-electron chi connectivity index (χ2n) is 3.87. The Labute approximate surface area is 84.4 Å². The van der Waals surface area contributed by atoms with Gasteiger partial charge >= 0.3 is 0 Å². The van der Waals surface area contributed by atoms with Crippen molar-refractivity contribution in [3.63, 3.8) is 0 Å². The van der Waals surface area contributed by atoms with E-state index >= 15 is 0 Å². The van der Waals surface area contributed by atoms with Crippen LogP contribution < -0.4 is 0 Å². The average Bonchev–Trinajstić information content (AvgIpc) is 2.17. The summed E-state index contributed by atoms with van der Waals surface area (Å²) in [4.78, 5) is 0. The van der Waals surface area contributed by atoms with Gasteiger partial charge in [0.25, 0.3) is 0 Å². The summed E-state index contributed by atoms with van der Waals surface area (Å²) in [7, 11) is 0. The molecule has 13 heavy (non-hydrogen) atoms. The Kier molecular flexibility index (Phi) is 8.18. The van der Waals surface area contributed by atoms with Crippen molar-refractivity contribution in [2.45, 2.75) is 59.8 Å². The molecule has 0 saturated carbocycles. The highest BCUT2D eigenvalue weighted by atomic mass is 14.2. The molecule has 0 nitrogen and oxygen atoms in total. The summed E-state index contributed by atoms with van der Waals surface area (Å²) in [6, 6.07) is 0. The summed E-state index contributed by atoms with van der Waals surface area (Å²) >= 11 is 0. The molecule has 0 radical (unpaired) electrons. The lowest BCUT2D eigenvalue weighted by molar-refractivity contribution is 0.362. The Morgan fingerprint density at radius 2 is 1.54 bits per heavy atom. The summed E-state index contributed by atoms with van der Waals surface area (Å²) in [5.74, 6) is 1.72. The first-order valence-corrected chi connectivity index (χ1v) is 5.96. The van der Waals surface area contributed by atoms with Gasteiger partial charge in [-0.05, 0) is 24.7 Å². The molecule has 1 atom stereocenters. The molecule has 0 rings (SSSR count). The van der Waals surface area contributed by atoms with E-state index in [2.05, 4.69) is 39.8 Å². The zero-order chi connectivity index (χ0) is 10.1. The van der Waals surface area contributed by atoms with Crippen LogP contribution in [0, 0.1) is 11.8 Å². The van der Waals surface area contributed by atoms with Gasteiger partial charge in [0.05, 0.1) is 0 Å². The lowest BCUT2D eigenvalue weighted by Gasteiger charge is -2.20. The fourth-order valence-corrected chi connectivity index (χ4v) is 1.96. The van der Waals surface area contributed by atoms with Crippen LogP contribution in [-0.4, -0.2) is 0 Å². The molecule has 0 aliphatic rings. The van der Waals surface area contributed by atoms with Crippen molar-refractivity contribution in [1.29, 1.82) is 0 Å². The van der Waals surface area contributed by atoms with Gasteiger partial charge in [-0.3, -0.25) is 0 Å². The summed E-state index contributed by atoms with van der Waals surface area (Å²) in [6.07, 6.45) is 11.3. The molecule has 0 fully saturated rings. The predicted molar refractivity (Wildman–Crippen MR) is 61.9 cm³/mol. The van der Waals surface area contributed by atoms with E-state index < -0.39 is 0 Å². The Morgan fingerprint density at radius 3 is 1.92 bits per heavy atom. The molecule has 0 aromatic rings. The zero-order valence-corrected chi connectivity index (χ0v) is 9.84. The van der Waals surface area contributed by atoms with Gasteiger partial charge in [0.15, 0.2) is 0 Å². The first-order valence-electron chi connectivity index (χ1n) is 5.96. The maximum atomic E-state index is 2.45. The number of hydrogen-bond donors (Lipinski definition) is 0. The van der Waals surface area contributed by atoms with Crippen molar-refractivity contribution in [3.05, 3.63) is 12.2 Å². The SMILES string of the molecule is CCC/C=C/C(CC)C(CC)CC. The maximum absolute atomic E-state index is 2.45. The number of hydrogen-bond acceptors (Lipinski definition) is 0. The minimum absolute atomic E-state index is 0.821. The predicted octanol–water partition coefficient (Wildman–Crippen LogP) is 4.81. The molecular formula is C13H26.